The molecular formula is C10H18N2O3S. The zero-order valence-corrected chi connectivity index (χ0v) is 10.3. The van der Waals surface area contributed by atoms with Crippen molar-refractivity contribution in [1.82, 2.24) is 10.2 Å². The first-order chi connectivity index (χ1) is 7.59. The first-order valence-electron chi connectivity index (χ1n) is 5.40. The van der Waals surface area contributed by atoms with Crippen LogP contribution in [0.1, 0.15) is 19.3 Å². The fraction of sp³-hybridized carbons (Fsp3) is 0.800. The van der Waals surface area contributed by atoms with Crippen molar-refractivity contribution in [3.63, 3.8) is 0 Å². The molecule has 1 aliphatic rings. The molecule has 16 heavy (non-hydrogen) atoms. The maximum absolute atomic E-state index is 11.6. The molecule has 0 radical (unpaired) electrons. The Morgan fingerprint density at radius 3 is 2.62 bits per heavy atom. The molecule has 1 fully saturated rings. The summed E-state index contributed by atoms with van der Waals surface area (Å²) in [5, 5.41) is 11.4. The molecule has 0 unspecified atom stereocenters. The predicted molar refractivity (Wildman–Crippen MR) is 63.8 cm³/mol. The second kappa shape index (κ2) is 6.62. The minimum Gasteiger partial charge on any atom is -0.481 e. The van der Waals surface area contributed by atoms with Gasteiger partial charge in [0.15, 0.2) is 0 Å². The number of hydrogen-bond donors (Lipinski definition) is 2. The molecular weight excluding hydrogens is 228 g/mol. The van der Waals surface area contributed by atoms with Gasteiger partial charge in [0, 0.05) is 19.6 Å². The van der Waals surface area contributed by atoms with E-state index < -0.39 is 5.97 Å². The number of hydrogen-bond acceptors (Lipinski definition) is 3. The van der Waals surface area contributed by atoms with Gasteiger partial charge in [-0.2, -0.15) is 11.8 Å². The van der Waals surface area contributed by atoms with Crippen molar-refractivity contribution in [2.24, 2.45) is 0 Å². The maximum Gasteiger partial charge on any atom is 0.317 e. The van der Waals surface area contributed by atoms with Crippen LogP contribution in [0.15, 0.2) is 0 Å². The van der Waals surface area contributed by atoms with Crippen LogP contribution in [0.3, 0.4) is 0 Å². The predicted octanol–water partition coefficient (Wildman–Crippen LogP) is 0.998. The third-order valence-electron chi connectivity index (χ3n) is 2.56. The summed E-state index contributed by atoms with van der Waals surface area (Å²) in [6.07, 6.45) is 2.00. The van der Waals surface area contributed by atoms with Crippen LogP contribution in [0.5, 0.6) is 0 Å². The van der Waals surface area contributed by atoms with Crippen molar-refractivity contribution in [3.8, 4) is 0 Å². The van der Waals surface area contributed by atoms with Crippen LogP contribution < -0.4 is 5.32 Å². The summed E-state index contributed by atoms with van der Waals surface area (Å²) in [7, 11) is 1.62. The topological polar surface area (TPSA) is 69.6 Å². The minimum atomic E-state index is -0.881. The van der Waals surface area contributed by atoms with E-state index in [0.29, 0.717) is 0 Å². The van der Waals surface area contributed by atoms with Crippen LogP contribution in [0.25, 0.3) is 0 Å². The molecule has 1 saturated heterocycles. The minimum absolute atomic E-state index is 0.00949. The highest BCUT2D eigenvalue weighted by molar-refractivity contribution is 7.99. The summed E-state index contributed by atoms with van der Waals surface area (Å²) < 4.78 is 0. The number of urea groups is 1. The number of amides is 2. The van der Waals surface area contributed by atoms with E-state index >= 15 is 0 Å². The summed E-state index contributed by atoms with van der Waals surface area (Å²) in [5.41, 5.74) is 0. The largest absolute Gasteiger partial charge is 0.481 e. The summed E-state index contributed by atoms with van der Waals surface area (Å²) in [5.74, 6) is 1.29. The van der Waals surface area contributed by atoms with Crippen LogP contribution in [0.4, 0.5) is 4.79 Å². The van der Waals surface area contributed by atoms with Crippen LogP contribution in [0.2, 0.25) is 0 Å². The van der Waals surface area contributed by atoms with Crippen molar-refractivity contribution in [2.45, 2.75) is 25.3 Å². The van der Waals surface area contributed by atoms with Crippen molar-refractivity contribution in [3.05, 3.63) is 0 Å². The molecule has 6 heteroatoms. The molecule has 5 nitrogen and oxygen atoms in total. The van der Waals surface area contributed by atoms with Crippen molar-refractivity contribution in [2.75, 3.05) is 25.1 Å². The normalized spacial score (nSPS) is 16.8. The Bertz CT molecular complexity index is 254. The molecule has 0 atom stereocenters. The number of rotatable bonds is 4. The van der Waals surface area contributed by atoms with Gasteiger partial charge in [0.05, 0.1) is 6.42 Å². The number of carboxylic acid groups (broad SMARTS) is 1. The Morgan fingerprint density at radius 1 is 1.44 bits per heavy atom. The Hall–Kier alpha value is -0.910. The van der Waals surface area contributed by atoms with Gasteiger partial charge in [-0.15, -0.1) is 0 Å². The Balaban J connectivity index is 2.24. The molecule has 0 aliphatic carbocycles. The number of nitrogens with zero attached hydrogens (tertiary/aromatic N) is 1. The SMILES string of the molecule is CN(CCC(=O)O)C(=O)NC1CCSCC1. The lowest BCUT2D eigenvalue weighted by Crippen LogP contribution is -2.44. The van der Waals surface area contributed by atoms with Gasteiger partial charge in [-0.05, 0) is 24.3 Å². The van der Waals surface area contributed by atoms with Crippen LogP contribution >= 0.6 is 11.8 Å². The van der Waals surface area contributed by atoms with Gasteiger partial charge in [0.1, 0.15) is 0 Å². The van der Waals surface area contributed by atoms with Crippen LogP contribution in [-0.4, -0.2) is 53.1 Å². The van der Waals surface area contributed by atoms with Gasteiger partial charge in [-0.1, -0.05) is 0 Å². The van der Waals surface area contributed by atoms with Gasteiger partial charge in [-0.3, -0.25) is 4.79 Å². The number of nitrogens with one attached hydrogen (secondary N) is 1. The number of carboxylic acids is 1. The number of carbonyl (C=O) groups is 2. The van der Waals surface area contributed by atoms with Crippen LogP contribution in [0, 0.1) is 0 Å². The molecule has 0 aromatic heterocycles. The van der Waals surface area contributed by atoms with E-state index in [-0.39, 0.29) is 25.0 Å². The smallest absolute Gasteiger partial charge is 0.317 e. The van der Waals surface area contributed by atoms with Gasteiger partial charge in [0.2, 0.25) is 0 Å². The highest BCUT2D eigenvalue weighted by Crippen LogP contribution is 2.16. The van der Waals surface area contributed by atoms with E-state index in [9.17, 15) is 9.59 Å². The van der Waals surface area contributed by atoms with Gasteiger partial charge < -0.3 is 15.3 Å². The third kappa shape index (κ3) is 4.74. The fourth-order valence-corrected chi connectivity index (χ4v) is 2.60. The molecule has 2 N–H and O–H groups in total. The molecule has 0 spiro atoms. The molecule has 0 bridgehead atoms. The summed E-state index contributed by atoms with van der Waals surface area (Å²) in [4.78, 5) is 23.4. The van der Waals surface area contributed by atoms with Gasteiger partial charge >= 0.3 is 12.0 Å². The van der Waals surface area contributed by atoms with Crippen molar-refractivity contribution in [1.29, 1.82) is 0 Å². The quantitative estimate of drug-likeness (QED) is 0.776. The first-order valence-corrected chi connectivity index (χ1v) is 6.56. The second-order valence-electron chi connectivity index (χ2n) is 3.90. The van der Waals surface area contributed by atoms with E-state index in [1.54, 1.807) is 7.05 Å². The lowest BCUT2D eigenvalue weighted by molar-refractivity contribution is -0.137. The van der Waals surface area contributed by atoms with Crippen molar-refractivity contribution < 1.29 is 14.7 Å². The maximum atomic E-state index is 11.6. The lowest BCUT2D eigenvalue weighted by Gasteiger charge is -2.25. The van der Waals surface area contributed by atoms with E-state index in [1.165, 1.54) is 4.90 Å². The number of carbonyl (C=O) groups excluding carboxylic acids is 1. The fourth-order valence-electron chi connectivity index (χ4n) is 1.49. The summed E-state index contributed by atoms with van der Waals surface area (Å²) >= 11 is 1.91. The molecule has 1 rings (SSSR count). The second-order valence-corrected chi connectivity index (χ2v) is 5.13. The number of aliphatic carboxylic acids is 1. The Labute approximate surface area is 99.6 Å². The highest BCUT2D eigenvalue weighted by Gasteiger charge is 2.18. The molecule has 1 aliphatic heterocycles. The Kier molecular flexibility index (Phi) is 5.45. The first kappa shape index (κ1) is 13.2. The average Bonchev–Trinajstić information content (AvgIpc) is 2.27. The van der Waals surface area contributed by atoms with Gasteiger partial charge in [0.25, 0.3) is 0 Å². The van der Waals surface area contributed by atoms with E-state index in [0.717, 1.165) is 24.3 Å². The molecule has 0 aromatic rings. The summed E-state index contributed by atoms with van der Waals surface area (Å²) in [6.45, 7) is 0.253. The summed E-state index contributed by atoms with van der Waals surface area (Å²) in [6, 6.07) is 0.0826. The van der Waals surface area contributed by atoms with E-state index in [2.05, 4.69) is 5.32 Å². The molecule has 0 saturated carbocycles. The van der Waals surface area contributed by atoms with Crippen LogP contribution in [-0.2, 0) is 4.79 Å². The zero-order valence-electron chi connectivity index (χ0n) is 9.44. The molecule has 2 amide bonds. The number of thioether (sulfide) groups is 1. The third-order valence-corrected chi connectivity index (χ3v) is 3.61. The molecule has 0 aromatic carbocycles. The monoisotopic (exact) mass is 246 g/mol. The average molecular weight is 246 g/mol. The van der Waals surface area contributed by atoms with E-state index in [4.69, 9.17) is 5.11 Å². The van der Waals surface area contributed by atoms with Gasteiger partial charge in [-0.25, -0.2) is 4.79 Å². The Morgan fingerprint density at radius 2 is 2.06 bits per heavy atom. The van der Waals surface area contributed by atoms with Crippen molar-refractivity contribution >= 4 is 23.8 Å². The standard InChI is InChI=1S/C10H18N2O3S/c1-12(5-2-9(13)14)10(15)11-8-3-6-16-7-4-8/h8H,2-7H2,1H3,(H,11,15)(H,13,14). The lowest BCUT2D eigenvalue weighted by atomic mass is 10.1. The zero-order chi connectivity index (χ0) is 12.0. The van der Waals surface area contributed by atoms with E-state index in [1.807, 2.05) is 11.8 Å². The molecule has 92 valence electrons. The highest BCUT2D eigenvalue weighted by atomic mass is 32.2. The molecule has 1 heterocycles.